The fourth-order valence-corrected chi connectivity index (χ4v) is 3.19. The number of unbranched alkanes of at least 4 members (excludes halogenated alkanes) is 5. The number of ether oxygens (including phenoxy) is 3. The standard InChI is InChI=1S/C17H37NO3/c1-7-8-9-10-11-12-13-16(18,14-15(2)3)17(19-4,20-5)21-6/h15H,7-14,18H2,1-6H3. The van der Waals surface area contributed by atoms with Gasteiger partial charge >= 0.3 is 5.97 Å². The summed E-state index contributed by atoms with van der Waals surface area (Å²) < 4.78 is 16.6. The minimum atomic E-state index is -1.17. The number of hydrogen-bond acceptors (Lipinski definition) is 4. The highest BCUT2D eigenvalue weighted by molar-refractivity contribution is 4.94. The highest BCUT2D eigenvalue weighted by Crippen LogP contribution is 2.35. The Bertz CT molecular complexity index is 246. The van der Waals surface area contributed by atoms with Crippen LogP contribution >= 0.6 is 0 Å². The van der Waals surface area contributed by atoms with Crippen LogP contribution in [0.25, 0.3) is 0 Å². The van der Waals surface area contributed by atoms with Gasteiger partial charge in [-0.3, -0.25) is 0 Å². The summed E-state index contributed by atoms with van der Waals surface area (Å²) in [4.78, 5) is 0. The predicted octanol–water partition coefficient (Wildman–Crippen LogP) is 4.07. The maximum Gasteiger partial charge on any atom is 0.301 e. The average molecular weight is 303 g/mol. The first-order valence-electron chi connectivity index (χ1n) is 8.35. The Hall–Kier alpha value is -0.160. The molecule has 0 heterocycles. The van der Waals surface area contributed by atoms with Crippen LogP contribution in [0.15, 0.2) is 0 Å². The van der Waals surface area contributed by atoms with Crippen molar-refractivity contribution in [3.05, 3.63) is 0 Å². The zero-order valence-electron chi connectivity index (χ0n) is 15.0. The third-order valence-corrected chi connectivity index (χ3v) is 4.16. The van der Waals surface area contributed by atoms with Crippen molar-refractivity contribution in [3.63, 3.8) is 0 Å². The van der Waals surface area contributed by atoms with Gasteiger partial charge in [-0.15, -0.1) is 0 Å². The van der Waals surface area contributed by atoms with Crippen molar-refractivity contribution in [2.75, 3.05) is 21.3 Å². The molecule has 1 unspecified atom stereocenters. The zero-order valence-corrected chi connectivity index (χ0v) is 15.0. The van der Waals surface area contributed by atoms with E-state index in [1.165, 1.54) is 32.1 Å². The van der Waals surface area contributed by atoms with Gasteiger partial charge < -0.3 is 19.9 Å². The van der Waals surface area contributed by atoms with Crippen molar-refractivity contribution in [1.82, 2.24) is 0 Å². The lowest BCUT2D eigenvalue weighted by molar-refractivity contribution is -0.386. The summed E-state index contributed by atoms with van der Waals surface area (Å²) >= 11 is 0. The lowest BCUT2D eigenvalue weighted by atomic mass is 9.82. The van der Waals surface area contributed by atoms with Crippen molar-refractivity contribution in [3.8, 4) is 0 Å². The van der Waals surface area contributed by atoms with Crippen molar-refractivity contribution in [2.45, 2.75) is 83.6 Å². The van der Waals surface area contributed by atoms with Gasteiger partial charge in [0.25, 0.3) is 0 Å². The molecule has 0 aliphatic heterocycles. The van der Waals surface area contributed by atoms with E-state index in [1.54, 1.807) is 21.3 Å². The van der Waals surface area contributed by atoms with E-state index in [1.807, 2.05) is 0 Å². The first-order chi connectivity index (χ1) is 9.91. The summed E-state index contributed by atoms with van der Waals surface area (Å²) in [7, 11) is 4.78. The van der Waals surface area contributed by atoms with Crippen LogP contribution in [0.2, 0.25) is 0 Å². The fraction of sp³-hybridized carbons (Fsp3) is 1.00. The normalized spacial score (nSPS) is 15.4. The van der Waals surface area contributed by atoms with Gasteiger partial charge in [-0.2, -0.15) is 0 Å². The minimum Gasteiger partial charge on any atom is -0.329 e. The van der Waals surface area contributed by atoms with E-state index in [0.29, 0.717) is 5.92 Å². The maximum absolute atomic E-state index is 6.68. The molecule has 0 aromatic heterocycles. The van der Waals surface area contributed by atoms with E-state index in [2.05, 4.69) is 20.8 Å². The van der Waals surface area contributed by atoms with Gasteiger partial charge in [0.1, 0.15) is 0 Å². The molecule has 0 rings (SSSR count). The van der Waals surface area contributed by atoms with Crippen LogP contribution in [0, 0.1) is 5.92 Å². The van der Waals surface area contributed by atoms with Crippen LogP contribution in [0.1, 0.15) is 72.1 Å². The predicted molar refractivity (Wildman–Crippen MR) is 88.1 cm³/mol. The van der Waals surface area contributed by atoms with Crippen LogP contribution < -0.4 is 5.73 Å². The van der Waals surface area contributed by atoms with Crippen LogP contribution in [0.4, 0.5) is 0 Å². The highest BCUT2D eigenvalue weighted by atomic mass is 16.9. The zero-order chi connectivity index (χ0) is 16.4. The van der Waals surface area contributed by atoms with E-state index in [4.69, 9.17) is 19.9 Å². The van der Waals surface area contributed by atoms with Crippen molar-refractivity contribution in [2.24, 2.45) is 11.7 Å². The molecular formula is C17H37NO3. The third-order valence-electron chi connectivity index (χ3n) is 4.16. The molecule has 0 bridgehead atoms. The van der Waals surface area contributed by atoms with Gasteiger partial charge in [-0.25, -0.2) is 0 Å². The number of methoxy groups -OCH3 is 3. The fourth-order valence-electron chi connectivity index (χ4n) is 3.19. The highest BCUT2D eigenvalue weighted by Gasteiger charge is 2.51. The monoisotopic (exact) mass is 303 g/mol. The molecule has 0 aromatic rings. The van der Waals surface area contributed by atoms with Crippen LogP contribution in [-0.2, 0) is 14.2 Å². The van der Waals surface area contributed by atoms with Crippen LogP contribution in [0.3, 0.4) is 0 Å². The van der Waals surface area contributed by atoms with E-state index < -0.39 is 11.5 Å². The molecule has 0 aromatic carbocycles. The van der Waals surface area contributed by atoms with E-state index in [-0.39, 0.29) is 0 Å². The van der Waals surface area contributed by atoms with Crippen molar-refractivity contribution in [1.29, 1.82) is 0 Å². The molecule has 0 radical (unpaired) electrons. The maximum atomic E-state index is 6.68. The Morgan fingerprint density at radius 1 is 0.857 bits per heavy atom. The van der Waals surface area contributed by atoms with Crippen molar-refractivity contribution >= 4 is 0 Å². The number of hydrogen-bond donors (Lipinski definition) is 1. The molecule has 0 fully saturated rings. The van der Waals surface area contributed by atoms with Crippen molar-refractivity contribution < 1.29 is 14.2 Å². The summed E-state index contributed by atoms with van der Waals surface area (Å²) in [5.41, 5.74) is 6.04. The molecule has 2 N–H and O–H groups in total. The lowest BCUT2D eigenvalue weighted by Crippen LogP contribution is -2.64. The molecule has 21 heavy (non-hydrogen) atoms. The molecule has 0 saturated carbocycles. The Morgan fingerprint density at radius 3 is 1.76 bits per heavy atom. The quantitative estimate of drug-likeness (QED) is 0.411. The summed E-state index contributed by atoms with van der Waals surface area (Å²) in [6.07, 6.45) is 9.08. The molecule has 0 spiro atoms. The number of nitrogens with two attached hydrogens (primary N) is 1. The Balaban J connectivity index is 4.68. The van der Waals surface area contributed by atoms with Gasteiger partial charge in [-0.1, -0.05) is 59.3 Å². The van der Waals surface area contributed by atoms with Crippen LogP contribution in [0.5, 0.6) is 0 Å². The second kappa shape index (κ2) is 10.5. The van der Waals surface area contributed by atoms with Gasteiger partial charge in [0.15, 0.2) is 0 Å². The van der Waals surface area contributed by atoms with Gasteiger partial charge in [0.05, 0.1) is 5.54 Å². The first-order valence-corrected chi connectivity index (χ1v) is 8.35. The topological polar surface area (TPSA) is 53.7 Å². The summed E-state index contributed by atoms with van der Waals surface area (Å²) in [5.74, 6) is -0.712. The molecule has 0 aliphatic carbocycles. The Morgan fingerprint density at radius 2 is 1.33 bits per heavy atom. The molecule has 4 heteroatoms. The average Bonchev–Trinajstić information content (AvgIpc) is 2.44. The summed E-state index contributed by atoms with van der Waals surface area (Å²) in [6.45, 7) is 6.56. The molecule has 0 aliphatic rings. The summed E-state index contributed by atoms with van der Waals surface area (Å²) in [5, 5.41) is 0. The summed E-state index contributed by atoms with van der Waals surface area (Å²) in [6, 6.07) is 0. The number of rotatable bonds is 13. The SMILES string of the molecule is CCCCCCCCC(N)(CC(C)C)C(OC)(OC)OC. The van der Waals surface area contributed by atoms with E-state index in [9.17, 15) is 0 Å². The largest absolute Gasteiger partial charge is 0.329 e. The third kappa shape index (κ3) is 6.23. The lowest BCUT2D eigenvalue weighted by Gasteiger charge is -2.45. The molecular weight excluding hydrogens is 266 g/mol. The molecule has 128 valence electrons. The molecule has 1 atom stereocenters. The van der Waals surface area contributed by atoms with E-state index >= 15 is 0 Å². The molecule has 4 nitrogen and oxygen atoms in total. The second-order valence-corrected chi connectivity index (χ2v) is 6.44. The van der Waals surface area contributed by atoms with Gasteiger partial charge in [-0.05, 0) is 18.8 Å². The van der Waals surface area contributed by atoms with Crippen LogP contribution in [-0.4, -0.2) is 32.8 Å². The molecule has 0 amide bonds. The second-order valence-electron chi connectivity index (χ2n) is 6.44. The Labute approximate surface area is 131 Å². The minimum absolute atomic E-state index is 0.454. The Kier molecular flexibility index (Phi) is 10.5. The van der Waals surface area contributed by atoms with E-state index in [0.717, 1.165) is 19.3 Å². The van der Waals surface area contributed by atoms with Gasteiger partial charge in [0.2, 0.25) is 0 Å². The molecule has 0 saturated heterocycles. The first kappa shape index (κ1) is 20.8. The smallest absolute Gasteiger partial charge is 0.301 e. The van der Waals surface area contributed by atoms with Gasteiger partial charge in [0, 0.05) is 21.3 Å².